The first kappa shape index (κ1) is 15.9. The van der Waals surface area contributed by atoms with Crippen LogP contribution in [-0.4, -0.2) is 50.2 Å². The molecule has 20 heavy (non-hydrogen) atoms. The minimum Gasteiger partial charge on any atom is -0.347 e. The minimum atomic E-state index is -3.59. The number of likely N-dealkylation sites (N-methyl/N-ethyl adjacent to an activating group) is 1. The molecule has 0 spiro atoms. The van der Waals surface area contributed by atoms with Crippen molar-refractivity contribution in [2.45, 2.75) is 30.0 Å². The van der Waals surface area contributed by atoms with E-state index in [2.05, 4.69) is 15.9 Å². The third-order valence-corrected chi connectivity index (χ3v) is 7.82. The summed E-state index contributed by atoms with van der Waals surface area (Å²) in [6.07, 6.45) is 1.30. The number of carbonyl (C=O) groups is 1. The van der Waals surface area contributed by atoms with Crippen LogP contribution >= 0.6 is 27.3 Å². The van der Waals surface area contributed by atoms with E-state index in [4.69, 9.17) is 0 Å². The Morgan fingerprint density at radius 3 is 2.65 bits per heavy atom. The third-order valence-electron chi connectivity index (χ3n) is 3.33. The number of thiophene rings is 1. The predicted octanol–water partition coefficient (Wildman–Crippen LogP) is 2.06. The van der Waals surface area contributed by atoms with Crippen molar-refractivity contribution in [3.05, 3.63) is 15.4 Å². The maximum atomic E-state index is 12.7. The fraction of sp³-hybridized carbons (Fsp3) is 0.583. The molecule has 112 valence electrons. The second-order valence-corrected chi connectivity index (χ2v) is 9.52. The quantitative estimate of drug-likeness (QED) is 0.806. The second kappa shape index (κ2) is 5.75. The summed E-state index contributed by atoms with van der Waals surface area (Å²) in [5.74, 6) is -0.154. The number of hydrogen-bond acceptors (Lipinski definition) is 4. The third kappa shape index (κ3) is 2.79. The van der Waals surface area contributed by atoms with E-state index in [9.17, 15) is 13.2 Å². The van der Waals surface area contributed by atoms with Gasteiger partial charge in [-0.2, -0.15) is 4.31 Å². The van der Waals surface area contributed by atoms with E-state index in [1.807, 2.05) is 6.92 Å². The van der Waals surface area contributed by atoms with Gasteiger partial charge in [-0.15, -0.1) is 11.3 Å². The summed E-state index contributed by atoms with van der Waals surface area (Å²) in [4.78, 5) is 13.6. The highest BCUT2D eigenvalue weighted by Gasteiger charge is 2.40. The Balaban J connectivity index is 2.36. The van der Waals surface area contributed by atoms with Crippen LogP contribution in [0.15, 0.2) is 14.1 Å². The normalized spacial score (nSPS) is 20.3. The van der Waals surface area contributed by atoms with Gasteiger partial charge in [0, 0.05) is 20.6 Å². The summed E-state index contributed by atoms with van der Waals surface area (Å²) in [5.41, 5.74) is 0.892. The Bertz CT molecular complexity index is 605. The molecule has 0 bridgehead atoms. The van der Waals surface area contributed by atoms with E-state index in [-0.39, 0.29) is 5.91 Å². The highest BCUT2D eigenvalue weighted by molar-refractivity contribution is 9.11. The number of halogens is 1. The van der Waals surface area contributed by atoms with Crippen molar-refractivity contribution >= 4 is 43.2 Å². The van der Waals surface area contributed by atoms with Crippen molar-refractivity contribution < 1.29 is 13.2 Å². The minimum absolute atomic E-state index is 0.154. The summed E-state index contributed by atoms with van der Waals surface area (Å²) in [7, 11) is -0.293. The fourth-order valence-electron chi connectivity index (χ4n) is 2.25. The van der Waals surface area contributed by atoms with Gasteiger partial charge in [0.05, 0.1) is 3.79 Å². The number of rotatable bonds is 3. The van der Waals surface area contributed by atoms with E-state index in [1.54, 1.807) is 20.2 Å². The number of aryl methyl sites for hydroxylation is 1. The molecule has 1 aliphatic rings. The molecule has 1 aromatic rings. The number of carbonyl (C=O) groups excluding carboxylic acids is 1. The second-order valence-electron chi connectivity index (χ2n) is 5.03. The molecule has 0 aromatic carbocycles. The summed E-state index contributed by atoms with van der Waals surface area (Å²) in [5, 5.41) is 0. The zero-order valence-corrected chi connectivity index (χ0v) is 14.8. The summed E-state index contributed by atoms with van der Waals surface area (Å²) < 4.78 is 27.8. The largest absolute Gasteiger partial charge is 0.347 e. The van der Waals surface area contributed by atoms with E-state index in [0.29, 0.717) is 17.2 Å². The Labute approximate surface area is 131 Å². The standard InChI is InChI=1S/C12H17BrN2O3S2/c1-8-7-10(19-11(8)13)20(17,18)15-6-4-5-9(15)12(16)14(2)3/h7,9H,4-6H2,1-3H3. The zero-order valence-electron chi connectivity index (χ0n) is 11.6. The molecule has 1 aliphatic heterocycles. The van der Waals surface area contributed by atoms with Crippen LogP contribution in [0.5, 0.6) is 0 Å². The van der Waals surface area contributed by atoms with Gasteiger partial charge in [-0.3, -0.25) is 4.79 Å². The van der Waals surface area contributed by atoms with Crippen molar-refractivity contribution in [2.24, 2.45) is 0 Å². The molecule has 1 atom stereocenters. The number of amides is 1. The lowest BCUT2D eigenvalue weighted by atomic mass is 10.2. The fourth-order valence-corrected chi connectivity index (χ4v) is 6.25. The van der Waals surface area contributed by atoms with E-state index in [0.717, 1.165) is 15.8 Å². The predicted molar refractivity (Wildman–Crippen MR) is 82.4 cm³/mol. The molecule has 2 rings (SSSR count). The SMILES string of the molecule is Cc1cc(S(=O)(=O)N2CCCC2C(=O)N(C)C)sc1Br. The van der Waals surface area contributed by atoms with Gasteiger partial charge in [0.2, 0.25) is 5.91 Å². The Morgan fingerprint density at radius 1 is 1.50 bits per heavy atom. The van der Waals surface area contributed by atoms with Gasteiger partial charge in [-0.05, 0) is 47.3 Å². The van der Waals surface area contributed by atoms with Crippen LogP contribution in [0.4, 0.5) is 0 Å². The van der Waals surface area contributed by atoms with Gasteiger partial charge in [0.1, 0.15) is 10.3 Å². The van der Waals surface area contributed by atoms with Gasteiger partial charge >= 0.3 is 0 Å². The lowest BCUT2D eigenvalue weighted by Gasteiger charge is -2.24. The average molecular weight is 381 g/mol. The van der Waals surface area contributed by atoms with Gasteiger partial charge in [-0.25, -0.2) is 8.42 Å². The molecule has 1 amide bonds. The van der Waals surface area contributed by atoms with Crippen LogP contribution in [0.1, 0.15) is 18.4 Å². The van der Waals surface area contributed by atoms with Crippen molar-refractivity contribution in [3.8, 4) is 0 Å². The molecule has 1 saturated heterocycles. The van der Waals surface area contributed by atoms with Crippen molar-refractivity contribution in [3.63, 3.8) is 0 Å². The van der Waals surface area contributed by atoms with Gasteiger partial charge in [0.25, 0.3) is 10.0 Å². The van der Waals surface area contributed by atoms with Crippen molar-refractivity contribution in [1.29, 1.82) is 0 Å². The first-order chi connectivity index (χ1) is 9.25. The number of sulfonamides is 1. The van der Waals surface area contributed by atoms with Crippen LogP contribution in [0, 0.1) is 6.92 Å². The maximum absolute atomic E-state index is 12.7. The topological polar surface area (TPSA) is 57.7 Å². The molecule has 1 aromatic heterocycles. The molecule has 2 heterocycles. The van der Waals surface area contributed by atoms with Crippen LogP contribution < -0.4 is 0 Å². The van der Waals surface area contributed by atoms with Crippen molar-refractivity contribution in [2.75, 3.05) is 20.6 Å². The summed E-state index contributed by atoms with van der Waals surface area (Å²) >= 11 is 4.54. The van der Waals surface area contributed by atoms with E-state index >= 15 is 0 Å². The van der Waals surface area contributed by atoms with Gasteiger partial charge < -0.3 is 4.90 Å². The molecule has 5 nitrogen and oxygen atoms in total. The molecule has 0 radical (unpaired) electrons. The molecular weight excluding hydrogens is 364 g/mol. The number of hydrogen-bond donors (Lipinski definition) is 0. The Morgan fingerprint density at radius 2 is 2.15 bits per heavy atom. The smallest absolute Gasteiger partial charge is 0.253 e. The monoisotopic (exact) mass is 380 g/mol. The average Bonchev–Trinajstić information content (AvgIpc) is 2.96. The highest BCUT2D eigenvalue weighted by Crippen LogP contribution is 2.35. The lowest BCUT2D eigenvalue weighted by Crippen LogP contribution is -2.45. The first-order valence-electron chi connectivity index (χ1n) is 6.24. The summed E-state index contributed by atoms with van der Waals surface area (Å²) in [6.45, 7) is 2.26. The van der Waals surface area contributed by atoms with Crippen LogP contribution in [-0.2, 0) is 14.8 Å². The lowest BCUT2D eigenvalue weighted by molar-refractivity contribution is -0.132. The van der Waals surface area contributed by atoms with Gasteiger partial charge in [0.15, 0.2) is 0 Å². The van der Waals surface area contributed by atoms with Crippen LogP contribution in [0.25, 0.3) is 0 Å². The molecule has 0 aliphatic carbocycles. The molecule has 1 unspecified atom stereocenters. The molecule has 8 heteroatoms. The summed E-state index contributed by atoms with van der Waals surface area (Å²) in [6, 6.07) is 1.08. The van der Waals surface area contributed by atoms with Crippen LogP contribution in [0.3, 0.4) is 0 Å². The molecule has 0 saturated carbocycles. The Kier molecular flexibility index (Phi) is 4.58. The Hall–Kier alpha value is -0.440. The number of nitrogens with zero attached hydrogens (tertiary/aromatic N) is 2. The molecule has 0 N–H and O–H groups in total. The highest BCUT2D eigenvalue weighted by atomic mass is 79.9. The molecular formula is C12H17BrN2O3S2. The van der Waals surface area contributed by atoms with Crippen molar-refractivity contribution in [1.82, 2.24) is 9.21 Å². The van der Waals surface area contributed by atoms with Crippen LogP contribution in [0.2, 0.25) is 0 Å². The molecule has 1 fully saturated rings. The maximum Gasteiger partial charge on any atom is 0.253 e. The first-order valence-corrected chi connectivity index (χ1v) is 9.29. The zero-order chi connectivity index (χ0) is 15.1. The van der Waals surface area contributed by atoms with E-state index in [1.165, 1.54) is 20.5 Å². The van der Waals surface area contributed by atoms with Gasteiger partial charge in [-0.1, -0.05) is 0 Å². The van der Waals surface area contributed by atoms with E-state index < -0.39 is 16.1 Å².